The number of sulfone groups is 1. The van der Waals surface area contributed by atoms with Gasteiger partial charge in [-0.3, -0.25) is 0 Å². The highest BCUT2D eigenvalue weighted by atomic mass is 35.5. The zero-order valence-electron chi connectivity index (χ0n) is 17.2. The number of nitrogens with one attached hydrogen (secondary N) is 1. The van der Waals surface area contributed by atoms with Crippen LogP contribution in [-0.2, 0) is 19.3 Å². The Labute approximate surface area is 186 Å². The zero-order valence-corrected chi connectivity index (χ0v) is 18.8. The van der Waals surface area contributed by atoms with Crippen LogP contribution < -0.4 is 9.88 Å². The molecule has 31 heavy (non-hydrogen) atoms. The van der Waals surface area contributed by atoms with Gasteiger partial charge >= 0.3 is 0 Å². The zero-order chi connectivity index (χ0) is 21.6. The Hall–Kier alpha value is -2.19. The number of benzene rings is 2. The summed E-state index contributed by atoms with van der Waals surface area (Å²) in [4.78, 5) is 5.78. The Balaban J connectivity index is 1.64. The van der Waals surface area contributed by atoms with Crippen molar-refractivity contribution >= 4 is 38.0 Å². The van der Waals surface area contributed by atoms with Gasteiger partial charge in [0.15, 0.2) is 16.9 Å². The van der Waals surface area contributed by atoms with E-state index in [1.807, 2.05) is 31.2 Å². The summed E-state index contributed by atoms with van der Waals surface area (Å²) in [7, 11) is -3.75. The largest absolute Gasteiger partial charge is 0.369 e. The van der Waals surface area contributed by atoms with E-state index in [9.17, 15) is 8.42 Å². The Morgan fingerprint density at radius 1 is 1.03 bits per heavy atom. The number of aromatic amines is 1. The van der Waals surface area contributed by atoms with E-state index in [-0.39, 0.29) is 9.79 Å². The molecule has 0 unspecified atom stereocenters. The minimum absolute atomic E-state index is 0.246. The summed E-state index contributed by atoms with van der Waals surface area (Å²) in [6.07, 6.45) is 2.95. The van der Waals surface area contributed by atoms with Crippen molar-refractivity contribution in [2.75, 3.05) is 31.2 Å². The highest BCUT2D eigenvalue weighted by Crippen LogP contribution is 2.40. The Kier molecular flexibility index (Phi) is 5.17. The molecule has 2 aliphatic heterocycles. The molecule has 1 N–H and O–H groups in total. The normalized spacial score (nSPS) is 18.7. The molecule has 3 heterocycles. The molecular weight excluding hydrogens is 436 g/mol. The molecule has 0 bridgehead atoms. The number of pyridine rings is 1. The van der Waals surface area contributed by atoms with E-state index in [0.29, 0.717) is 49.9 Å². The van der Waals surface area contributed by atoms with Gasteiger partial charge in [-0.2, -0.15) is 0 Å². The van der Waals surface area contributed by atoms with Gasteiger partial charge in [-0.1, -0.05) is 29.3 Å². The molecule has 3 aromatic rings. The van der Waals surface area contributed by atoms with Crippen molar-refractivity contribution in [3.05, 3.63) is 59.2 Å². The second-order valence-electron chi connectivity index (χ2n) is 8.10. The van der Waals surface area contributed by atoms with Gasteiger partial charge in [0.2, 0.25) is 15.4 Å². The molecule has 1 aromatic heterocycles. The van der Waals surface area contributed by atoms with E-state index in [1.54, 1.807) is 24.4 Å². The third-order valence-corrected chi connectivity index (χ3v) is 8.12. The van der Waals surface area contributed by atoms with Crippen LogP contribution in [0, 0.1) is 6.92 Å². The van der Waals surface area contributed by atoms with Crippen LogP contribution in [0.5, 0.6) is 0 Å². The van der Waals surface area contributed by atoms with Crippen LogP contribution in [-0.4, -0.2) is 40.5 Å². The molecule has 0 aliphatic carbocycles. The van der Waals surface area contributed by atoms with Gasteiger partial charge in [0, 0.05) is 37.0 Å². The third kappa shape index (κ3) is 3.69. The maximum Gasteiger partial charge on any atom is 0.214 e. The summed E-state index contributed by atoms with van der Waals surface area (Å²) in [6.45, 7) is 4.40. The van der Waals surface area contributed by atoms with Gasteiger partial charge in [-0.15, -0.1) is 0 Å². The van der Waals surface area contributed by atoms with Crippen LogP contribution in [0.25, 0.3) is 10.9 Å². The monoisotopic (exact) mass is 459 g/mol. The Bertz CT molecular complexity index is 1230. The van der Waals surface area contributed by atoms with Crippen molar-refractivity contribution in [3.63, 3.8) is 0 Å². The number of fused-ring (bicyclic) bond motifs is 1. The van der Waals surface area contributed by atoms with Crippen LogP contribution in [0.2, 0.25) is 5.02 Å². The number of anilines is 1. The lowest BCUT2D eigenvalue weighted by Gasteiger charge is -2.39. The topological polar surface area (TPSA) is 70.0 Å². The first-order chi connectivity index (χ1) is 14.9. The van der Waals surface area contributed by atoms with E-state index in [0.717, 1.165) is 16.5 Å². The van der Waals surface area contributed by atoms with Crippen molar-refractivity contribution in [2.24, 2.45) is 0 Å². The summed E-state index contributed by atoms with van der Waals surface area (Å²) in [5.41, 5.74) is 2.51. The minimum Gasteiger partial charge on any atom is -0.369 e. The lowest BCUT2D eigenvalue weighted by Crippen LogP contribution is -2.45. The molecule has 8 heteroatoms. The average molecular weight is 460 g/mol. The summed E-state index contributed by atoms with van der Waals surface area (Å²) < 4.78 is 39.0. The second-order valence-corrected chi connectivity index (χ2v) is 10.5. The van der Waals surface area contributed by atoms with Crippen molar-refractivity contribution in [1.82, 2.24) is 0 Å². The summed E-state index contributed by atoms with van der Waals surface area (Å²) in [6, 6.07) is 12.4. The van der Waals surface area contributed by atoms with E-state index < -0.39 is 15.6 Å². The molecular formula is C23H24ClN2O4S+. The number of nitrogens with zero attached hydrogens (tertiary/aromatic N) is 1. The first kappa shape index (κ1) is 20.7. The van der Waals surface area contributed by atoms with Crippen LogP contribution in [0.4, 0.5) is 5.69 Å². The molecule has 162 valence electrons. The summed E-state index contributed by atoms with van der Waals surface area (Å²) in [5.74, 6) is -0.541. The smallest absolute Gasteiger partial charge is 0.214 e. The Morgan fingerprint density at radius 2 is 1.71 bits per heavy atom. The predicted octanol–water partition coefficient (Wildman–Crippen LogP) is 3.79. The second kappa shape index (κ2) is 7.74. The van der Waals surface area contributed by atoms with Crippen LogP contribution in [0.1, 0.15) is 18.4 Å². The molecule has 0 saturated carbocycles. The van der Waals surface area contributed by atoms with Gasteiger partial charge in [-0.25, -0.2) is 13.4 Å². The number of aryl methyl sites for hydroxylation is 1. The lowest BCUT2D eigenvalue weighted by atomic mass is 10.0. The maximum atomic E-state index is 13.7. The fraction of sp³-hybridized carbons (Fsp3) is 0.348. The number of hydrogen-bond donors (Lipinski definition) is 0. The quantitative estimate of drug-likeness (QED) is 0.596. The van der Waals surface area contributed by atoms with Gasteiger partial charge in [-0.05, 0) is 31.2 Å². The molecule has 2 saturated heterocycles. The number of aromatic nitrogens is 1. The van der Waals surface area contributed by atoms with E-state index in [1.165, 1.54) is 0 Å². The van der Waals surface area contributed by atoms with Crippen molar-refractivity contribution in [1.29, 1.82) is 0 Å². The van der Waals surface area contributed by atoms with Crippen molar-refractivity contribution < 1.29 is 22.9 Å². The van der Waals surface area contributed by atoms with Gasteiger partial charge in [0.05, 0.1) is 29.2 Å². The van der Waals surface area contributed by atoms with E-state index in [4.69, 9.17) is 21.1 Å². The van der Waals surface area contributed by atoms with Crippen LogP contribution in [0.15, 0.2) is 58.5 Å². The first-order valence-corrected chi connectivity index (χ1v) is 12.2. The van der Waals surface area contributed by atoms with E-state index >= 15 is 0 Å². The molecule has 0 radical (unpaired) electrons. The number of piperidine rings is 1. The number of H-pyrrole nitrogens is 1. The Morgan fingerprint density at radius 3 is 2.39 bits per heavy atom. The standard InChI is InChI=1S/C23H23ClN2O4S/c1-16-2-5-18(6-3-16)31(27,28)21-15-25-20-7-4-17(24)14-19(20)22(21)26-10-8-23(9-11-26)29-12-13-30-23/h2-7,14-15H,8-13H2,1H3/p+1. The van der Waals surface area contributed by atoms with Gasteiger partial charge in [0.1, 0.15) is 0 Å². The van der Waals surface area contributed by atoms with Crippen LogP contribution in [0.3, 0.4) is 0 Å². The molecule has 0 atom stereocenters. The number of rotatable bonds is 3. The summed E-state index contributed by atoms with van der Waals surface area (Å²) in [5, 5.41) is 1.34. The third-order valence-electron chi connectivity index (χ3n) is 6.10. The average Bonchev–Trinajstić information content (AvgIpc) is 3.22. The molecule has 0 amide bonds. The van der Waals surface area contributed by atoms with Gasteiger partial charge in [0.25, 0.3) is 0 Å². The van der Waals surface area contributed by atoms with E-state index in [2.05, 4.69) is 9.88 Å². The molecule has 6 nitrogen and oxygen atoms in total. The SMILES string of the molecule is Cc1ccc(S(=O)(=O)c2c[nH+]c3ccc(Cl)cc3c2N2CCC3(CC2)OCCO3)cc1. The highest BCUT2D eigenvalue weighted by Gasteiger charge is 2.41. The predicted molar refractivity (Wildman–Crippen MR) is 118 cm³/mol. The lowest BCUT2D eigenvalue weighted by molar-refractivity contribution is -0.347. The maximum absolute atomic E-state index is 13.7. The molecule has 2 aliphatic rings. The van der Waals surface area contributed by atoms with Crippen molar-refractivity contribution in [2.45, 2.75) is 35.3 Å². The number of hydrogen-bond acceptors (Lipinski definition) is 5. The molecule has 5 rings (SSSR count). The van der Waals surface area contributed by atoms with Crippen LogP contribution >= 0.6 is 11.6 Å². The van der Waals surface area contributed by atoms with Crippen molar-refractivity contribution in [3.8, 4) is 0 Å². The molecule has 2 aromatic carbocycles. The number of halogens is 1. The number of ether oxygens (including phenoxy) is 2. The highest BCUT2D eigenvalue weighted by molar-refractivity contribution is 7.91. The minimum atomic E-state index is -3.75. The molecule has 1 spiro atoms. The van der Waals surface area contributed by atoms with Gasteiger partial charge < -0.3 is 14.4 Å². The summed E-state index contributed by atoms with van der Waals surface area (Å²) >= 11 is 6.31. The fourth-order valence-corrected chi connectivity index (χ4v) is 6.04. The first-order valence-electron chi connectivity index (χ1n) is 10.4. The molecule has 2 fully saturated rings. The fourth-order valence-electron chi connectivity index (χ4n) is 4.41.